The summed E-state index contributed by atoms with van der Waals surface area (Å²) in [5.74, 6) is -0.134. The number of carbonyl (C=O) groups is 1. The van der Waals surface area contributed by atoms with Crippen LogP contribution in [0.5, 0.6) is 0 Å². The molecule has 1 aromatic rings. The predicted octanol–water partition coefficient (Wildman–Crippen LogP) is 0.00970. The molecule has 1 amide bonds. The van der Waals surface area contributed by atoms with Crippen LogP contribution in [0, 0.1) is 0 Å². The quantitative estimate of drug-likeness (QED) is 0.802. The van der Waals surface area contributed by atoms with Crippen LogP contribution in [0.1, 0.15) is 12.8 Å². The molecule has 0 bridgehead atoms. The van der Waals surface area contributed by atoms with Crippen molar-refractivity contribution in [1.29, 1.82) is 0 Å². The Balaban J connectivity index is 1.79. The second kappa shape index (κ2) is 6.00. The minimum atomic E-state index is -3.50. The first kappa shape index (κ1) is 14.4. The first-order chi connectivity index (χ1) is 8.99. The van der Waals surface area contributed by atoms with Crippen molar-refractivity contribution in [3.63, 3.8) is 0 Å². The van der Waals surface area contributed by atoms with Gasteiger partial charge in [0, 0.05) is 26.1 Å². The molecule has 0 saturated carbocycles. The zero-order valence-electron chi connectivity index (χ0n) is 10.3. The number of aliphatic hydroxyl groups excluding tert-OH is 1. The summed E-state index contributed by atoms with van der Waals surface area (Å²) in [6.07, 6.45) is 0.246. The van der Waals surface area contributed by atoms with E-state index in [9.17, 15) is 18.3 Å². The summed E-state index contributed by atoms with van der Waals surface area (Å²) in [5, 5.41) is 11.0. The second-order valence-electron chi connectivity index (χ2n) is 4.36. The highest BCUT2D eigenvalue weighted by Gasteiger charge is 2.24. The summed E-state index contributed by atoms with van der Waals surface area (Å²) >= 11 is 1.14. The lowest BCUT2D eigenvalue weighted by Crippen LogP contribution is -2.33. The van der Waals surface area contributed by atoms with Crippen molar-refractivity contribution >= 4 is 27.3 Å². The number of rotatable bonds is 5. The van der Waals surface area contributed by atoms with E-state index in [4.69, 9.17) is 0 Å². The van der Waals surface area contributed by atoms with E-state index in [1.54, 1.807) is 16.3 Å². The van der Waals surface area contributed by atoms with Crippen molar-refractivity contribution in [1.82, 2.24) is 9.62 Å². The largest absolute Gasteiger partial charge is 0.391 e. The number of β-amino-alcohol motifs (C(OH)–C–C–N with tert-alkyl or cyclic N) is 1. The van der Waals surface area contributed by atoms with Crippen molar-refractivity contribution in [2.45, 2.75) is 23.2 Å². The molecule has 0 radical (unpaired) electrons. The van der Waals surface area contributed by atoms with Crippen LogP contribution < -0.4 is 4.72 Å². The Morgan fingerprint density at radius 3 is 2.95 bits per heavy atom. The number of sulfonamides is 1. The zero-order valence-corrected chi connectivity index (χ0v) is 11.9. The summed E-state index contributed by atoms with van der Waals surface area (Å²) in [7, 11) is -3.50. The molecule has 2 heterocycles. The van der Waals surface area contributed by atoms with Crippen molar-refractivity contribution in [3.8, 4) is 0 Å². The second-order valence-corrected chi connectivity index (χ2v) is 7.30. The van der Waals surface area contributed by atoms with E-state index in [0.29, 0.717) is 19.5 Å². The average Bonchev–Trinajstić information content (AvgIpc) is 2.99. The highest BCUT2D eigenvalue weighted by molar-refractivity contribution is 7.91. The van der Waals surface area contributed by atoms with Crippen LogP contribution in [0.3, 0.4) is 0 Å². The van der Waals surface area contributed by atoms with E-state index in [0.717, 1.165) is 11.3 Å². The third-order valence-corrected chi connectivity index (χ3v) is 5.77. The van der Waals surface area contributed by atoms with Crippen LogP contribution in [-0.4, -0.2) is 50.1 Å². The van der Waals surface area contributed by atoms with Crippen molar-refractivity contribution in [2.24, 2.45) is 0 Å². The first-order valence-corrected chi connectivity index (χ1v) is 8.34. The minimum absolute atomic E-state index is 0.0751. The van der Waals surface area contributed by atoms with E-state index < -0.39 is 16.1 Å². The number of amides is 1. The van der Waals surface area contributed by atoms with Gasteiger partial charge in [-0.1, -0.05) is 6.07 Å². The Hall–Kier alpha value is -0.960. The molecule has 0 aliphatic carbocycles. The van der Waals surface area contributed by atoms with Gasteiger partial charge in [0.15, 0.2) is 0 Å². The van der Waals surface area contributed by atoms with Crippen LogP contribution in [0.15, 0.2) is 21.7 Å². The predicted molar refractivity (Wildman–Crippen MR) is 71.3 cm³/mol. The lowest BCUT2D eigenvalue weighted by Gasteiger charge is -2.15. The third kappa shape index (κ3) is 3.75. The molecule has 2 N–H and O–H groups in total. The third-order valence-electron chi connectivity index (χ3n) is 2.91. The van der Waals surface area contributed by atoms with Gasteiger partial charge in [0.25, 0.3) is 0 Å². The average molecular weight is 304 g/mol. The zero-order chi connectivity index (χ0) is 13.9. The maximum absolute atomic E-state index is 11.8. The van der Waals surface area contributed by atoms with E-state index in [1.807, 2.05) is 0 Å². The standard InChI is InChI=1S/C11H16N2O4S2/c14-9-4-6-13(8-9)10(15)3-5-12-19(16,17)11-2-1-7-18-11/h1-2,7,9,12,14H,3-6,8H2/t9-/m1/s1. The molecule has 1 aliphatic rings. The summed E-state index contributed by atoms with van der Waals surface area (Å²) in [6, 6.07) is 3.18. The van der Waals surface area contributed by atoms with Crippen LogP contribution in [-0.2, 0) is 14.8 Å². The molecule has 19 heavy (non-hydrogen) atoms. The van der Waals surface area contributed by atoms with E-state index >= 15 is 0 Å². The Bertz CT molecular complexity index is 527. The van der Waals surface area contributed by atoms with Gasteiger partial charge in [0.2, 0.25) is 15.9 Å². The van der Waals surface area contributed by atoms with Crippen molar-refractivity contribution in [2.75, 3.05) is 19.6 Å². The fourth-order valence-corrected chi connectivity index (χ4v) is 3.98. The topological polar surface area (TPSA) is 86.7 Å². The fraction of sp³-hybridized carbons (Fsp3) is 0.545. The van der Waals surface area contributed by atoms with Gasteiger partial charge < -0.3 is 10.0 Å². The number of carbonyl (C=O) groups excluding carboxylic acids is 1. The summed E-state index contributed by atoms with van der Waals surface area (Å²) < 4.78 is 26.2. The van der Waals surface area contributed by atoms with Gasteiger partial charge in [0.05, 0.1) is 6.10 Å². The van der Waals surface area contributed by atoms with Gasteiger partial charge in [-0.15, -0.1) is 11.3 Å². The minimum Gasteiger partial charge on any atom is -0.391 e. The van der Waals surface area contributed by atoms with Gasteiger partial charge >= 0.3 is 0 Å². The Kier molecular flexibility index (Phi) is 4.56. The summed E-state index contributed by atoms with van der Waals surface area (Å²) in [6.45, 7) is 0.958. The maximum Gasteiger partial charge on any atom is 0.250 e. The van der Waals surface area contributed by atoms with Crippen LogP contribution in [0.4, 0.5) is 0 Å². The van der Waals surface area contributed by atoms with Gasteiger partial charge in [-0.3, -0.25) is 4.79 Å². The lowest BCUT2D eigenvalue weighted by atomic mass is 10.3. The van der Waals surface area contributed by atoms with E-state index in [-0.39, 0.29) is 23.1 Å². The summed E-state index contributed by atoms with van der Waals surface area (Å²) in [4.78, 5) is 13.3. The molecular formula is C11H16N2O4S2. The highest BCUT2D eigenvalue weighted by Crippen LogP contribution is 2.15. The molecule has 0 unspecified atom stereocenters. The Morgan fingerprint density at radius 2 is 2.37 bits per heavy atom. The molecular weight excluding hydrogens is 288 g/mol. The Morgan fingerprint density at radius 1 is 1.58 bits per heavy atom. The number of likely N-dealkylation sites (tertiary alicyclic amines) is 1. The van der Waals surface area contributed by atoms with Gasteiger partial charge in [0.1, 0.15) is 4.21 Å². The molecule has 0 spiro atoms. The number of nitrogens with one attached hydrogen (secondary N) is 1. The molecule has 106 valence electrons. The number of hydrogen-bond acceptors (Lipinski definition) is 5. The number of nitrogens with zero attached hydrogens (tertiary/aromatic N) is 1. The molecule has 1 fully saturated rings. The van der Waals surface area contributed by atoms with Crippen LogP contribution in [0.2, 0.25) is 0 Å². The smallest absolute Gasteiger partial charge is 0.250 e. The lowest BCUT2D eigenvalue weighted by molar-refractivity contribution is -0.130. The summed E-state index contributed by atoms with van der Waals surface area (Å²) in [5.41, 5.74) is 0. The molecule has 1 aromatic heterocycles. The normalized spacial score (nSPS) is 19.8. The number of hydrogen-bond donors (Lipinski definition) is 2. The molecule has 8 heteroatoms. The fourth-order valence-electron chi connectivity index (χ4n) is 1.91. The first-order valence-electron chi connectivity index (χ1n) is 5.98. The van der Waals surface area contributed by atoms with Gasteiger partial charge in [-0.25, -0.2) is 13.1 Å². The van der Waals surface area contributed by atoms with Crippen molar-refractivity contribution < 1.29 is 18.3 Å². The number of thiophene rings is 1. The molecule has 1 atom stereocenters. The van der Waals surface area contributed by atoms with Crippen LogP contribution >= 0.6 is 11.3 Å². The van der Waals surface area contributed by atoms with Gasteiger partial charge in [-0.05, 0) is 17.9 Å². The molecule has 0 aromatic carbocycles. The van der Waals surface area contributed by atoms with Crippen molar-refractivity contribution in [3.05, 3.63) is 17.5 Å². The monoisotopic (exact) mass is 304 g/mol. The molecule has 1 aliphatic heterocycles. The maximum atomic E-state index is 11.8. The molecule has 2 rings (SSSR count). The SMILES string of the molecule is O=C(CCNS(=O)(=O)c1cccs1)N1CC[C@@H](O)C1. The van der Waals surface area contributed by atoms with E-state index in [2.05, 4.69) is 4.72 Å². The van der Waals surface area contributed by atoms with Gasteiger partial charge in [-0.2, -0.15) is 0 Å². The highest BCUT2D eigenvalue weighted by atomic mass is 32.2. The van der Waals surface area contributed by atoms with E-state index in [1.165, 1.54) is 6.07 Å². The molecule has 1 saturated heterocycles. The number of aliphatic hydroxyl groups is 1. The van der Waals surface area contributed by atoms with Crippen LogP contribution in [0.25, 0.3) is 0 Å². The molecule has 6 nitrogen and oxygen atoms in total. The Labute approximate surface area is 116 Å².